The normalized spacial score (nSPS) is 13.9. The standard InChI is InChI=1S/C15H14FNO/c1-15(17,12-7-3-2-4-8-12)14(18)11-6-5-9-13(16)10-11/h2-10H,17H2,1H3. The number of carbonyl (C=O) groups excluding carboxylic acids is 1. The molecule has 0 radical (unpaired) electrons. The topological polar surface area (TPSA) is 43.1 Å². The summed E-state index contributed by atoms with van der Waals surface area (Å²) in [5, 5.41) is 0. The van der Waals surface area contributed by atoms with Gasteiger partial charge in [-0.2, -0.15) is 0 Å². The Balaban J connectivity index is 2.39. The molecule has 1 atom stereocenters. The van der Waals surface area contributed by atoms with Crippen LogP contribution in [0.4, 0.5) is 4.39 Å². The van der Waals surface area contributed by atoms with Crippen molar-refractivity contribution in [2.24, 2.45) is 5.73 Å². The molecule has 0 fully saturated rings. The Morgan fingerprint density at radius 2 is 1.78 bits per heavy atom. The highest BCUT2D eigenvalue weighted by atomic mass is 19.1. The summed E-state index contributed by atoms with van der Waals surface area (Å²) >= 11 is 0. The van der Waals surface area contributed by atoms with Crippen molar-refractivity contribution < 1.29 is 9.18 Å². The minimum absolute atomic E-state index is 0.281. The Bertz CT molecular complexity index is 564. The summed E-state index contributed by atoms with van der Waals surface area (Å²) in [6.45, 7) is 1.63. The molecule has 2 N–H and O–H groups in total. The van der Waals surface area contributed by atoms with E-state index in [0.717, 1.165) is 0 Å². The second-order valence-corrected chi connectivity index (χ2v) is 4.41. The molecule has 2 aromatic rings. The zero-order valence-corrected chi connectivity index (χ0v) is 10.1. The van der Waals surface area contributed by atoms with E-state index in [-0.39, 0.29) is 11.3 Å². The van der Waals surface area contributed by atoms with E-state index in [1.54, 1.807) is 25.1 Å². The van der Waals surface area contributed by atoms with E-state index >= 15 is 0 Å². The monoisotopic (exact) mass is 243 g/mol. The summed E-state index contributed by atoms with van der Waals surface area (Å²) in [5.74, 6) is -0.738. The second kappa shape index (κ2) is 4.70. The van der Waals surface area contributed by atoms with Crippen LogP contribution in [0.25, 0.3) is 0 Å². The summed E-state index contributed by atoms with van der Waals surface area (Å²) in [4.78, 5) is 12.3. The van der Waals surface area contributed by atoms with Crippen molar-refractivity contribution >= 4 is 5.78 Å². The Morgan fingerprint density at radius 1 is 1.11 bits per heavy atom. The van der Waals surface area contributed by atoms with E-state index in [9.17, 15) is 9.18 Å². The molecule has 2 aromatic carbocycles. The first-order valence-electron chi connectivity index (χ1n) is 5.66. The molecule has 0 aromatic heterocycles. The molecule has 0 aliphatic rings. The van der Waals surface area contributed by atoms with E-state index in [4.69, 9.17) is 5.73 Å². The first-order chi connectivity index (χ1) is 8.51. The molecule has 1 unspecified atom stereocenters. The van der Waals surface area contributed by atoms with E-state index in [2.05, 4.69) is 0 Å². The lowest BCUT2D eigenvalue weighted by Gasteiger charge is -2.23. The molecule has 0 spiro atoms. The number of benzene rings is 2. The molecule has 0 bridgehead atoms. The fourth-order valence-electron chi connectivity index (χ4n) is 1.85. The van der Waals surface area contributed by atoms with Gasteiger partial charge in [-0.05, 0) is 24.6 Å². The van der Waals surface area contributed by atoms with Gasteiger partial charge in [0.1, 0.15) is 11.4 Å². The molecule has 0 heterocycles. The molecule has 0 saturated heterocycles. The number of Topliss-reactive ketones (excluding diaryl/α,β-unsaturated/α-hetero) is 1. The molecular weight excluding hydrogens is 229 g/mol. The number of hydrogen-bond acceptors (Lipinski definition) is 2. The van der Waals surface area contributed by atoms with Crippen LogP contribution in [-0.4, -0.2) is 5.78 Å². The molecule has 0 aliphatic heterocycles. The van der Waals surface area contributed by atoms with Crippen molar-refractivity contribution in [3.8, 4) is 0 Å². The van der Waals surface area contributed by atoms with Gasteiger partial charge in [0.05, 0.1) is 0 Å². The molecule has 0 amide bonds. The zero-order valence-electron chi connectivity index (χ0n) is 10.1. The quantitative estimate of drug-likeness (QED) is 0.842. The molecular formula is C15H14FNO. The lowest BCUT2D eigenvalue weighted by Crippen LogP contribution is -2.41. The van der Waals surface area contributed by atoms with Crippen LogP contribution in [-0.2, 0) is 5.54 Å². The van der Waals surface area contributed by atoms with Crippen molar-refractivity contribution in [1.29, 1.82) is 0 Å². The maximum atomic E-state index is 13.1. The molecule has 92 valence electrons. The zero-order chi connectivity index (χ0) is 13.2. The highest BCUT2D eigenvalue weighted by Gasteiger charge is 2.31. The van der Waals surface area contributed by atoms with Crippen molar-refractivity contribution in [3.63, 3.8) is 0 Å². The van der Waals surface area contributed by atoms with Gasteiger partial charge >= 0.3 is 0 Å². The largest absolute Gasteiger partial charge is 0.315 e. The van der Waals surface area contributed by atoms with Crippen LogP contribution in [0.2, 0.25) is 0 Å². The number of nitrogens with two attached hydrogens (primary N) is 1. The fraction of sp³-hybridized carbons (Fsp3) is 0.133. The van der Waals surface area contributed by atoms with Crippen LogP contribution >= 0.6 is 0 Å². The molecule has 3 heteroatoms. The van der Waals surface area contributed by atoms with Gasteiger partial charge in [-0.15, -0.1) is 0 Å². The third-order valence-electron chi connectivity index (χ3n) is 2.93. The van der Waals surface area contributed by atoms with Crippen molar-refractivity contribution in [3.05, 3.63) is 71.5 Å². The van der Waals surface area contributed by atoms with Crippen molar-refractivity contribution in [1.82, 2.24) is 0 Å². The van der Waals surface area contributed by atoms with Crippen LogP contribution in [0.1, 0.15) is 22.8 Å². The smallest absolute Gasteiger partial charge is 0.186 e. The molecule has 0 saturated carbocycles. The van der Waals surface area contributed by atoms with E-state index < -0.39 is 11.4 Å². The van der Waals surface area contributed by atoms with E-state index in [1.807, 2.05) is 18.2 Å². The maximum absolute atomic E-state index is 13.1. The number of halogens is 1. The van der Waals surface area contributed by atoms with Gasteiger partial charge in [0.2, 0.25) is 0 Å². The Kier molecular flexibility index (Phi) is 3.26. The van der Waals surface area contributed by atoms with Crippen molar-refractivity contribution in [2.75, 3.05) is 0 Å². The summed E-state index contributed by atoms with van der Waals surface area (Å²) in [7, 11) is 0. The predicted molar refractivity (Wildman–Crippen MR) is 68.7 cm³/mol. The number of rotatable bonds is 3. The summed E-state index contributed by atoms with van der Waals surface area (Å²) in [6.07, 6.45) is 0. The van der Waals surface area contributed by atoms with Gasteiger partial charge in [0.25, 0.3) is 0 Å². The Morgan fingerprint density at radius 3 is 2.39 bits per heavy atom. The van der Waals surface area contributed by atoms with Gasteiger partial charge in [-0.25, -0.2) is 4.39 Å². The third kappa shape index (κ3) is 2.31. The lowest BCUT2D eigenvalue weighted by molar-refractivity contribution is 0.0899. The molecule has 0 aliphatic carbocycles. The molecule has 18 heavy (non-hydrogen) atoms. The summed E-state index contributed by atoms with van der Waals surface area (Å²) < 4.78 is 13.1. The number of hydrogen-bond donors (Lipinski definition) is 1. The molecule has 2 rings (SSSR count). The maximum Gasteiger partial charge on any atom is 0.186 e. The summed E-state index contributed by atoms with van der Waals surface area (Å²) in [5.41, 5.74) is 5.92. The van der Waals surface area contributed by atoms with Crippen molar-refractivity contribution in [2.45, 2.75) is 12.5 Å². The Hall–Kier alpha value is -2.00. The minimum Gasteiger partial charge on any atom is -0.315 e. The highest BCUT2D eigenvalue weighted by molar-refractivity contribution is 6.03. The van der Waals surface area contributed by atoms with Crippen LogP contribution in [0, 0.1) is 5.82 Å². The average molecular weight is 243 g/mol. The first-order valence-corrected chi connectivity index (χ1v) is 5.66. The van der Waals surface area contributed by atoms with Gasteiger partial charge in [-0.3, -0.25) is 4.79 Å². The average Bonchev–Trinajstić information content (AvgIpc) is 2.39. The molecule has 2 nitrogen and oxygen atoms in total. The fourth-order valence-corrected chi connectivity index (χ4v) is 1.85. The van der Waals surface area contributed by atoms with Crippen LogP contribution in [0.3, 0.4) is 0 Å². The van der Waals surface area contributed by atoms with Crippen LogP contribution in [0.5, 0.6) is 0 Å². The number of ketones is 1. The SMILES string of the molecule is CC(N)(C(=O)c1cccc(F)c1)c1ccccc1. The van der Waals surface area contributed by atoms with Crippen LogP contribution < -0.4 is 5.73 Å². The Labute approximate surface area is 105 Å². The third-order valence-corrected chi connectivity index (χ3v) is 2.93. The predicted octanol–water partition coefficient (Wildman–Crippen LogP) is 2.88. The highest BCUT2D eigenvalue weighted by Crippen LogP contribution is 2.22. The van der Waals surface area contributed by atoms with Gasteiger partial charge in [0, 0.05) is 5.56 Å². The van der Waals surface area contributed by atoms with Gasteiger partial charge in [-0.1, -0.05) is 42.5 Å². The van der Waals surface area contributed by atoms with E-state index in [0.29, 0.717) is 5.56 Å². The van der Waals surface area contributed by atoms with Crippen LogP contribution in [0.15, 0.2) is 54.6 Å². The lowest BCUT2D eigenvalue weighted by atomic mass is 9.85. The minimum atomic E-state index is -1.16. The second-order valence-electron chi connectivity index (χ2n) is 4.41. The van der Waals surface area contributed by atoms with E-state index in [1.165, 1.54) is 18.2 Å². The summed E-state index contributed by atoms with van der Waals surface area (Å²) in [6, 6.07) is 14.6. The van der Waals surface area contributed by atoms with Gasteiger partial charge < -0.3 is 5.73 Å². The number of carbonyl (C=O) groups is 1. The van der Waals surface area contributed by atoms with Gasteiger partial charge in [0.15, 0.2) is 5.78 Å². The first kappa shape index (κ1) is 12.5.